The summed E-state index contributed by atoms with van der Waals surface area (Å²) in [6.07, 6.45) is 5.50. The van der Waals surface area contributed by atoms with Crippen LogP contribution in [0, 0.1) is 0 Å². The molecule has 0 amide bonds. The molecule has 0 N–H and O–H groups in total. The van der Waals surface area contributed by atoms with E-state index in [2.05, 4.69) is 97.1 Å². The van der Waals surface area contributed by atoms with Crippen molar-refractivity contribution in [2.24, 2.45) is 0 Å². The van der Waals surface area contributed by atoms with Crippen molar-refractivity contribution in [3.63, 3.8) is 0 Å². The summed E-state index contributed by atoms with van der Waals surface area (Å²) in [5.74, 6) is 0. The van der Waals surface area contributed by atoms with Gasteiger partial charge >= 0.3 is 0 Å². The molecule has 4 heteroatoms. The third-order valence-corrected chi connectivity index (χ3v) is 9.55. The van der Waals surface area contributed by atoms with Gasteiger partial charge in [0.2, 0.25) is 0 Å². The van der Waals surface area contributed by atoms with Gasteiger partial charge in [-0.25, -0.2) is 9.97 Å². The lowest BCUT2D eigenvalue weighted by Gasteiger charge is -2.33. The Kier molecular flexibility index (Phi) is 6.46. The highest BCUT2D eigenvalue weighted by Gasteiger charge is 2.44. The molecule has 9 rings (SSSR count). The van der Waals surface area contributed by atoms with Gasteiger partial charge in [0, 0.05) is 16.5 Å². The smallest absolute Gasteiger partial charge is 0.0894 e. The Labute approximate surface area is 273 Å². The average molecular weight is 603 g/mol. The van der Waals surface area contributed by atoms with Crippen LogP contribution in [0.5, 0.6) is 0 Å². The van der Waals surface area contributed by atoms with Crippen LogP contribution in [0.15, 0.2) is 158 Å². The van der Waals surface area contributed by atoms with Crippen LogP contribution >= 0.6 is 0 Å². The third-order valence-electron chi connectivity index (χ3n) is 9.55. The Hall–Kier alpha value is -6.00. The summed E-state index contributed by atoms with van der Waals surface area (Å²) in [7, 11) is 0. The Morgan fingerprint density at radius 3 is 1.26 bits per heavy atom. The number of aromatic nitrogens is 4. The van der Waals surface area contributed by atoms with E-state index in [9.17, 15) is 0 Å². The maximum absolute atomic E-state index is 5.04. The van der Waals surface area contributed by atoms with Crippen LogP contribution < -0.4 is 0 Å². The van der Waals surface area contributed by atoms with Crippen LogP contribution in [0.2, 0.25) is 0 Å². The van der Waals surface area contributed by atoms with E-state index in [1.807, 2.05) is 60.9 Å². The molecule has 222 valence electrons. The standard InChI is InChI=1S/C43H30N4/c1-3-11-29(12-4-1)25-43(26-30-13-5-2-6-14-30)35-23-31(41-27-44-37-15-7-9-17-39(37)46-41)19-21-33(35)34-22-20-32(24-36(34)43)42-28-45-38-16-8-10-18-40(38)47-42/h1-24,27-28H,25-26H2. The van der Waals surface area contributed by atoms with E-state index in [0.29, 0.717) is 0 Å². The van der Waals surface area contributed by atoms with Crippen LogP contribution in [0.3, 0.4) is 0 Å². The molecule has 0 fully saturated rings. The summed E-state index contributed by atoms with van der Waals surface area (Å²) in [6.45, 7) is 0. The van der Waals surface area contributed by atoms with E-state index in [1.54, 1.807) is 0 Å². The van der Waals surface area contributed by atoms with Crippen molar-refractivity contribution in [1.29, 1.82) is 0 Å². The molecule has 0 aliphatic heterocycles. The molecule has 1 aliphatic carbocycles. The minimum atomic E-state index is -0.339. The van der Waals surface area contributed by atoms with Gasteiger partial charge in [-0.1, -0.05) is 109 Å². The molecule has 2 heterocycles. The predicted octanol–water partition coefficient (Wildman–Crippen LogP) is 9.66. The largest absolute Gasteiger partial charge is 0.252 e. The van der Waals surface area contributed by atoms with Crippen molar-refractivity contribution < 1.29 is 0 Å². The Morgan fingerprint density at radius 1 is 0.404 bits per heavy atom. The zero-order chi connectivity index (χ0) is 31.2. The van der Waals surface area contributed by atoms with Gasteiger partial charge < -0.3 is 0 Å². The molecule has 0 saturated heterocycles. The second-order valence-electron chi connectivity index (χ2n) is 12.4. The minimum Gasteiger partial charge on any atom is -0.252 e. The number of fused-ring (bicyclic) bond motifs is 5. The van der Waals surface area contributed by atoms with Gasteiger partial charge in [0.15, 0.2) is 0 Å². The Morgan fingerprint density at radius 2 is 0.809 bits per heavy atom. The van der Waals surface area contributed by atoms with Gasteiger partial charge in [-0.3, -0.25) is 9.97 Å². The number of nitrogens with zero attached hydrogens (tertiary/aromatic N) is 4. The van der Waals surface area contributed by atoms with Crippen molar-refractivity contribution in [3.8, 4) is 33.6 Å². The summed E-state index contributed by atoms with van der Waals surface area (Å²) in [5, 5.41) is 0. The maximum atomic E-state index is 5.04. The van der Waals surface area contributed by atoms with E-state index in [0.717, 1.165) is 57.4 Å². The fraction of sp³-hybridized carbons (Fsp3) is 0.0698. The molecule has 8 aromatic rings. The second kappa shape index (κ2) is 11.1. The SMILES string of the molecule is c1ccc(CC2(Cc3ccccc3)c3cc(-c4cnc5ccccc5n4)ccc3-c3ccc(-c4cnc5ccccc5n4)cc32)cc1. The molecule has 47 heavy (non-hydrogen) atoms. The zero-order valence-corrected chi connectivity index (χ0v) is 25.7. The monoisotopic (exact) mass is 602 g/mol. The van der Waals surface area contributed by atoms with Crippen LogP contribution in [0.4, 0.5) is 0 Å². The first-order valence-electron chi connectivity index (χ1n) is 16.1. The van der Waals surface area contributed by atoms with Crippen LogP contribution in [0.25, 0.3) is 55.7 Å². The summed E-state index contributed by atoms with van der Waals surface area (Å²) in [5.41, 5.74) is 14.9. The second-order valence-corrected chi connectivity index (χ2v) is 12.4. The third kappa shape index (κ3) is 4.77. The number of hydrogen-bond donors (Lipinski definition) is 0. The predicted molar refractivity (Wildman–Crippen MR) is 190 cm³/mol. The van der Waals surface area contributed by atoms with Crippen molar-refractivity contribution in [2.45, 2.75) is 18.3 Å². The molecule has 1 aliphatic rings. The molecule has 0 spiro atoms. The van der Waals surface area contributed by atoms with E-state index in [4.69, 9.17) is 19.9 Å². The lowest BCUT2D eigenvalue weighted by atomic mass is 9.69. The molecule has 4 nitrogen and oxygen atoms in total. The molecule has 0 radical (unpaired) electrons. The zero-order valence-electron chi connectivity index (χ0n) is 25.7. The van der Waals surface area contributed by atoms with Gasteiger partial charge in [0.1, 0.15) is 0 Å². The summed E-state index contributed by atoms with van der Waals surface area (Å²) < 4.78 is 0. The molecular weight excluding hydrogens is 573 g/mol. The van der Waals surface area contributed by atoms with Crippen LogP contribution in [0.1, 0.15) is 22.3 Å². The van der Waals surface area contributed by atoms with Gasteiger partial charge in [0.25, 0.3) is 0 Å². The van der Waals surface area contributed by atoms with Crippen LogP contribution in [-0.2, 0) is 18.3 Å². The van der Waals surface area contributed by atoms with Crippen molar-refractivity contribution in [3.05, 3.63) is 180 Å². The first-order valence-corrected chi connectivity index (χ1v) is 16.1. The lowest BCUT2D eigenvalue weighted by Crippen LogP contribution is -2.31. The summed E-state index contributed by atoms with van der Waals surface area (Å²) in [6, 6.07) is 51.6. The first kappa shape index (κ1) is 27.3. The first-order chi connectivity index (χ1) is 23.2. The van der Waals surface area contributed by atoms with Gasteiger partial charge in [-0.2, -0.15) is 0 Å². The molecular formula is C43H30N4. The molecule has 0 bridgehead atoms. The molecule has 2 aromatic heterocycles. The normalized spacial score (nSPS) is 13.0. The number of para-hydroxylation sites is 4. The van der Waals surface area contributed by atoms with Crippen molar-refractivity contribution in [1.82, 2.24) is 19.9 Å². The highest BCUT2D eigenvalue weighted by molar-refractivity contribution is 5.87. The quantitative estimate of drug-likeness (QED) is 0.190. The topological polar surface area (TPSA) is 51.6 Å². The van der Waals surface area contributed by atoms with E-state index >= 15 is 0 Å². The van der Waals surface area contributed by atoms with E-state index < -0.39 is 0 Å². The molecule has 0 saturated carbocycles. The minimum absolute atomic E-state index is 0.339. The number of hydrogen-bond acceptors (Lipinski definition) is 4. The number of benzene rings is 6. The summed E-state index contributed by atoms with van der Waals surface area (Å²) in [4.78, 5) is 19.6. The summed E-state index contributed by atoms with van der Waals surface area (Å²) >= 11 is 0. The average Bonchev–Trinajstić information content (AvgIpc) is 3.39. The van der Waals surface area contributed by atoms with Gasteiger partial charge in [0.05, 0.1) is 45.8 Å². The highest BCUT2D eigenvalue weighted by Crippen LogP contribution is 2.54. The fourth-order valence-electron chi connectivity index (χ4n) is 7.34. The van der Waals surface area contributed by atoms with E-state index in [-0.39, 0.29) is 5.41 Å². The Bertz CT molecular complexity index is 2250. The molecule has 0 unspecified atom stereocenters. The van der Waals surface area contributed by atoms with Crippen molar-refractivity contribution >= 4 is 22.1 Å². The van der Waals surface area contributed by atoms with Crippen molar-refractivity contribution in [2.75, 3.05) is 0 Å². The van der Waals surface area contributed by atoms with Gasteiger partial charge in [-0.15, -0.1) is 0 Å². The lowest BCUT2D eigenvalue weighted by molar-refractivity contribution is 0.520. The Balaban J connectivity index is 1.27. The van der Waals surface area contributed by atoms with Gasteiger partial charge in [-0.05, 0) is 82.6 Å². The maximum Gasteiger partial charge on any atom is 0.0894 e. The molecule has 6 aromatic carbocycles. The fourth-order valence-corrected chi connectivity index (χ4v) is 7.34. The van der Waals surface area contributed by atoms with E-state index in [1.165, 1.54) is 33.4 Å². The molecule has 0 atom stereocenters. The highest BCUT2D eigenvalue weighted by atomic mass is 14.8. The number of rotatable bonds is 6. The van der Waals surface area contributed by atoms with Crippen LogP contribution in [-0.4, -0.2) is 19.9 Å².